The SMILES string of the molecule is CCNc1cc(NCCOCCO)nc(C)n1. The van der Waals surface area contributed by atoms with Crippen molar-refractivity contribution in [1.82, 2.24) is 9.97 Å². The van der Waals surface area contributed by atoms with Gasteiger partial charge in [0.05, 0.1) is 19.8 Å². The Balaban J connectivity index is 2.41. The van der Waals surface area contributed by atoms with Gasteiger partial charge in [-0.2, -0.15) is 0 Å². The van der Waals surface area contributed by atoms with Crippen LogP contribution in [-0.4, -0.2) is 48.0 Å². The number of anilines is 2. The fourth-order valence-corrected chi connectivity index (χ4v) is 1.35. The Bertz CT molecular complexity index is 333. The average molecular weight is 240 g/mol. The lowest BCUT2D eigenvalue weighted by Gasteiger charge is -2.09. The van der Waals surface area contributed by atoms with E-state index in [1.54, 1.807) is 0 Å². The van der Waals surface area contributed by atoms with Crippen molar-refractivity contribution >= 4 is 11.6 Å². The number of ether oxygens (including phenoxy) is 1. The van der Waals surface area contributed by atoms with E-state index in [2.05, 4.69) is 20.6 Å². The van der Waals surface area contributed by atoms with Gasteiger partial charge in [-0.25, -0.2) is 9.97 Å². The minimum Gasteiger partial charge on any atom is -0.394 e. The molecule has 0 spiro atoms. The number of rotatable bonds is 8. The third-order valence-corrected chi connectivity index (χ3v) is 1.98. The van der Waals surface area contributed by atoms with Crippen LogP contribution in [0.4, 0.5) is 11.6 Å². The van der Waals surface area contributed by atoms with Gasteiger partial charge in [0, 0.05) is 19.2 Å². The first kappa shape index (κ1) is 13.7. The van der Waals surface area contributed by atoms with Crippen LogP contribution >= 0.6 is 0 Å². The first-order valence-corrected chi connectivity index (χ1v) is 5.78. The third-order valence-electron chi connectivity index (χ3n) is 1.98. The summed E-state index contributed by atoms with van der Waals surface area (Å²) in [5, 5.41) is 14.8. The summed E-state index contributed by atoms with van der Waals surface area (Å²) in [6.45, 7) is 6.32. The molecule has 0 bridgehead atoms. The molecule has 0 aliphatic heterocycles. The molecule has 0 saturated heterocycles. The van der Waals surface area contributed by atoms with E-state index >= 15 is 0 Å². The molecule has 1 heterocycles. The van der Waals surface area contributed by atoms with Crippen LogP contribution in [0.2, 0.25) is 0 Å². The number of hydrogen-bond acceptors (Lipinski definition) is 6. The van der Waals surface area contributed by atoms with Crippen molar-refractivity contribution in [2.45, 2.75) is 13.8 Å². The predicted octanol–water partition coefficient (Wildman–Crippen LogP) is 0.638. The molecule has 6 heteroatoms. The summed E-state index contributed by atoms with van der Waals surface area (Å²) in [5.74, 6) is 2.32. The molecule has 1 aromatic rings. The van der Waals surface area contributed by atoms with Gasteiger partial charge in [0.1, 0.15) is 17.5 Å². The summed E-state index contributed by atoms with van der Waals surface area (Å²) in [6.07, 6.45) is 0. The highest BCUT2D eigenvalue weighted by Gasteiger charge is 2.00. The van der Waals surface area contributed by atoms with Crippen LogP contribution in [0.5, 0.6) is 0 Å². The fraction of sp³-hybridized carbons (Fsp3) is 0.636. The van der Waals surface area contributed by atoms with E-state index in [9.17, 15) is 0 Å². The normalized spacial score (nSPS) is 10.3. The molecule has 3 N–H and O–H groups in total. The molecule has 0 radical (unpaired) electrons. The maximum absolute atomic E-state index is 8.54. The number of aliphatic hydroxyl groups excluding tert-OH is 1. The van der Waals surface area contributed by atoms with Crippen LogP contribution in [0.25, 0.3) is 0 Å². The summed E-state index contributed by atoms with van der Waals surface area (Å²) in [4.78, 5) is 8.52. The van der Waals surface area contributed by atoms with E-state index in [0.717, 1.165) is 24.0 Å². The Hall–Kier alpha value is -1.40. The number of aliphatic hydroxyl groups is 1. The Morgan fingerprint density at radius 2 is 1.94 bits per heavy atom. The van der Waals surface area contributed by atoms with Crippen molar-refractivity contribution in [1.29, 1.82) is 0 Å². The predicted molar refractivity (Wildman–Crippen MR) is 67.3 cm³/mol. The van der Waals surface area contributed by atoms with Gasteiger partial charge >= 0.3 is 0 Å². The quantitative estimate of drug-likeness (QED) is 0.579. The highest BCUT2D eigenvalue weighted by atomic mass is 16.5. The molecule has 0 aromatic carbocycles. The van der Waals surface area contributed by atoms with Gasteiger partial charge in [0.15, 0.2) is 0 Å². The third kappa shape index (κ3) is 5.46. The molecule has 0 saturated carbocycles. The van der Waals surface area contributed by atoms with E-state index in [-0.39, 0.29) is 6.61 Å². The minimum atomic E-state index is 0.0528. The maximum Gasteiger partial charge on any atom is 0.131 e. The lowest BCUT2D eigenvalue weighted by Crippen LogP contribution is -2.13. The summed E-state index contributed by atoms with van der Waals surface area (Å²) in [7, 11) is 0. The lowest BCUT2D eigenvalue weighted by molar-refractivity contribution is 0.0992. The second kappa shape index (κ2) is 7.81. The molecular weight excluding hydrogens is 220 g/mol. The molecule has 0 unspecified atom stereocenters. The van der Waals surface area contributed by atoms with Crippen molar-refractivity contribution in [3.05, 3.63) is 11.9 Å². The highest BCUT2D eigenvalue weighted by Crippen LogP contribution is 2.10. The van der Waals surface area contributed by atoms with E-state index < -0.39 is 0 Å². The second-order valence-electron chi connectivity index (χ2n) is 3.48. The van der Waals surface area contributed by atoms with Gasteiger partial charge in [-0.05, 0) is 13.8 Å². The molecular formula is C11H20N4O2. The van der Waals surface area contributed by atoms with Crippen molar-refractivity contribution in [2.24, 2.45) is 0 Å². The average Bonchev–Trinajstić information content (AvgIpc) is 2.28. The van der Waals surface area contributed by atoms with Crippen LogP contribution in [0.15, 0.2) is 6.07 Å². The van der Waals surface area contributed by atoms with Gasteiger partial charge in [-0.3, -0.25) is 0 Å². The first-order chi connectivity index (χ1) is 8.26. The molecule has 0 fully saturated rings. The van der Waals surface area contributed by atoms with E-state index in [1.807, 2.05) is 19.9 Å². The van der Waals surface area contributed by atoms with Crippen LogP contribution in [-0.2, 0) is 4.74 Å². The highest BCUT2D eigenvalue weighted by molar-refractivity contribution is 5.47. The maximum atomic E-state index is 8.54. The number of nitrogens with one attached hydrogen (secondary N) is 2. The number of aromatic nitrogens is 2. The number of hydrogen-bond donors (Lipinski definition) is 3. The monoisotopic (exact) mass is 240 g/mol. The summed E-state index contributed by atoms with van der Waals surface area (Å²) in [6, 6.07) is 1.86. The minimum absolute atomic E-state index is 0.0528. The topological polar surface area (TPSA) is 79.3 Å². The van der Waals surface area contributed by atoms with Crippen LogP contribution in [0.1, 0.15) is 12.7 Å². The molecule has 0 amide bonds. The zero-order valence-electron chi connectivity index (χ0n) is 10.4. The zero-order valence-corrected chi connectivity index (χ0v) is 10.4. The first-order valence-electron chi connectivity index (χ1n) is 5.78. The number of nitrogens with zero attached hydrogens (tertiary/aromatic N) is 2. The van der Waals surface area contributed by atoms with Gasteiger partial charge < -0.3 is 20.5 Å². The molecule has 1 rings (SSSR count). The number of aryl methyl sites for hydroxylation is 1. The standard InChI is InChI=1S/C11H20N4O2/c1-3-12-10-8-11(15-9(2)14-10)13-4-6-17-7-5-16/h8,16H,3-7H2,1-2H3,(H2,12,13,14,15). The fourth-order valence-electron chi connectivity index (χ4n) is 1.35. The van der Waals surface area contributed by atoms with Crippen molar-refractivity contribution in [3.8, 4) is 0 Å². The lowest BCUT2D eigenvalue weighted by atomic mass is 10.4. The second-order valence-corrected chi connectivity index (χ2v) is 3.48. The molecule has 96 valence electrons. The summed E-state index contributed by atoms with van der Waals surface area (Å²) >= 11 is 0. The molecule has 0 aliphatic rings. The molecule has 1 aromatic heterocycles. The Labute approximate surface area is 101 Å². The van der Waals surface area contributed by atoms with E-state index in [1.165, 1.54) is 0 Å². The van der Waals surface area contributed by atoms with Crippen molar-refractivity contribution in [2.75, 3.05) is 43.5 Å². The Morgan fingerprint density at radius 3 is 2.59 bits per heavy atom. The van der Waals surface area contributed by atoms with E-state index in [4.69, 9.17) is 9.84 Å². The van der Waals surface area contributed by atoms with Gasteiger partial charge in [-0.15, -0.1) is 0 Å². The Kier molecular flexibility index (Phi) is 6.27. The smallest absolute Gasteiger partial charge is 0.131 e. The summed E-state index contributed by atoms with van der Waals surface area (Å²) < 4.78 is 5.14. The Morgan fingerprint density at radius 1 is 1.24 bits per heavy atom. The van der Waals surface area contributed by atoms with Gasteiger partial charge in [0.25, 0.3) is 0 Å². The largest absolute Gasteiger partial charge is 0.394 e. The van der Waals surface area contributed by atoms with Gasteiger partial charge in [-0.1, -0.05) is 0 Å². The van der Waals surface area contributed by atoms with E-state index in [0.29, 0.717) is 19.8 Å². The van der Waals surface area contributed by atoms with Crippen molar-refractivity contribution < 1.29 is 9.84 Å². The van der Waals surface area contributed by atoms with Crippen molar-refractivity contribution in [3.63, 3.8) is 0 Å². The van der Waals surface area contributed by atoms with Gasteiger partial charge in [0.2, 0.25) is 0 Å². The summed E-state index contributed by atoms with van der Waals surface area (Å²) in [5.41, 5.74) is 0. The molecule has 0 aliphatic carbocycles. The molecule has 17 heavy (non-hydrogen) atoms. The zero-order chi connectivity index (χ0) is 12.5. The molecule has 6 nitrogen and oxygen atoms in total. The van der Waals surface area contributed by atoms with Crippen LogP contribution < -0.4 is 10.6 Å². The van der Waals surface area contributed by atoms with Crippen LogP contribution in [0, 0.1) is 6.92 Å². The molecule has 0 atom stereocenters. The van der Waals surface area contributed by atoms with Crippen LogP contribution in [0.3, 0.4) is 0 Å².